The van der Waals surface area contributed by atoms with Crippen molar-refractivity contribution in [2.45, 2.75) is 44.6 Å². The highest BCUT2D eigenvalue weighted by Crippen LogP contribution is 2.28. The maximum atomic E-state index is 6.14. The first-order chi connectivity index (χ1) is 11.7. The van der Waals surface area contributed by atoms with Crippen LogP contribution in [0.4, 0.5) is 17.5 Å². The molecule has 0 spiro atoms. The molecule has 0 amide bonds. The van der Waals surface area contributed by atoms with Gasteiger partial charge >= 0.3 is 0 Å². The van der Waals surface area contributed by atoms with Crippen molar-refractivity contribution in [1.82, 2.24) is 15.2 Å². The van der Waals surface area contributed by atoms with Gasteiger partial charge in [0.25, 0.3) is 0 Å². The third-order valence-corrected chi connectivity index (χ3v) is 4.47. The SMILES string of the molecule is COc1ccc(Nc2nncc(NC3CCCCCC3)n2)cc1Cl. The van der Waals surface area contributed by atoms with Gasteiger partial charge in [-0.3, -0.25) is 0 Å². The Kier molecular flexibility index (Phi) is 5.69. The maximum absolute atomic E-state index is 6.14. The van der Waals surface area contributed by atoms with Crippen LogP contribution in [0.2, 0.25) is 5.02 Å². The summed E-state index contributed by atoms with van der Waals surface area (Å²) < 4.78 is 5.15. The number of nitrogens with one attached hydrogen (secondary N) is 2. The van der Waals surface area contributed by atoms with Crippen molar-refractivity contribution < 1.29 is 4.74 Å². The van der Waals surface area contributed by atoms with E-state index >= 15 is 0 Å². The van der Waals surface area contributed by atoms with Gasteiger partial charge in [-0.15, -0.1) is 5.10 Å². The molecule has 3 rings (SSSR count). The second-order valence-electron chi connectivity index (χ2n) is 5.97. The van der Waals surface area contributed by atoms with E-state index in [0.717, 1.165) is 11.5 Å². The monoisotopic (exact) mass is 347 g/mol. The summed E-state index contributed by atoms with van der Waals surface area (Å²) in [6.45, 7) is 0. The van der Waals surface area contributed by atoms with Gasteiger partial charge in [-0.1, -0.05) is 37.3 Å². The number of nitrogens with zero attached hydrogens (tertiary/aromatic N) is 3. The summed E-state index contributed by atoms with van der Waals surface area (Å²) in [5, 5.41) is 15.2. The van der Waals surface area contributed by atoms with Crippen LogP contribution in [0.3, 0.4) is 0 Å². The van der Waals surface area contributed by atoms with E-state index in [1.807, 2.05) is 6.07 Å². The molecule has 2 N–H and O–H groups in total. The smallest absolute Gasteiger partial charge is 0.249 e. The van der Waals surface area contributed by atoms with E-state index in [-0.39, 0.29) is 0 Å². The third-order valence-electron chi connectivity index (χ3n) is 4.17. The van der Waals surface area contributed by atoms with E-state index in [9.17, 15) is 0 Å². The molecular weight excluding hydrogens is 326 g/mol. The van der Waals surface area contributed by atoms with Crippen LogP contribution in [0.5, 0.6) is 5.75 Å². The highest BCUT2D eigenvalue weighted by molar-refractivity contribution is 6.32. The predicted octanol–water partition coefficient (Wildman–Crippen LogP) is 4.41. The van der Waals surface area contributed by atoms with Gasteiger partial charge in [-0.25, -0.2) is 0 Å². The number of rotatable bonds is 5. The zero-order chi connectivity index (χ0) is 16.8. The molecule has 0 unspecified atom stereocenters. The number of anilines is 3. The van der Waals surface area contributed by atoms with E-state index in [1.54, 1.807) is 25.4 Å². The number of benzene rings is 1. The summed E-state index contributed by atoms with van der Waals surface area (Å²) in [5.41, 5.74) is 0.786. The molecule has 1 aliphatic carbocycles. The van der Waals surface area contributed by atoms with E-state index in [4.69, 9.17) is 16.3 Å². The molecule has 128 valence electrons. The molecule has 0 bridgehead atoms. The molecule has 1 aromatic heterocycles. The molecule has 0 aliphatic heterocycles. The second kappa shape index (κ2) is 8.15. The summed E-state index contributed by atoms with van der Waals surface area (Å²) in [6, 6.07) is 5.90. The van der Waals surface area contributed by atoms with Gasteiger partial charge in [0, 0.05) is 11.7 Å². The summed E-state index contributed by atoms with van der Waals surface area (Å²) in [6.07, 6.45) is 9.21. The van der Waals surface area contributed by atoms with Gasteiger partial charge in [0.1, 0.15) is 5.75 Å². The van der Waals surface area contributed by atoms with Crippen molar-refractivity contribution in [2.24, 2.45) is 0 Å². The normalized spacial score (nSPS) is 15.6. The van der Waals surface area contributed by atoms with Crippen LogP contribution in [0, 0.1) is 0 Å². The molecule has 0 atom stereocenters. The van der Waals surface area contributed by atoms with Crippen molar-refractivity contribution >= 4 is 29.1 Å². The lowest BCUT2D eigenvalue weighted by Gasteiger charge is -2.16. The quantitative estimate of drug-likeness (QED) is 0.780. The fourth-order valence-electron chi connectivity index (χ4n) is 2.93. The Morgan fingerprint density at radius 1 is 1.17 bits per heavy atom. The van der Waals surface area contributed by atoms with Crippen molar-refractivity contribution in [1.29, 1.82) is 0 Å². The molecule has 6 nitrogen and oxygen atoms in total. The van der Waals surface area contributed by atoms with Gasteiger partial charge in [0.15, 0.2) is 5.82 Å². The highest BCUT2D eigenvalue weighted by Gasteiger charge is 2.13. The molecule has 1 heterocycles. The van der Waals surface area contributed by atoms with Crippen molar-refractivity contribution in [3.63, 3.8) is 0 Å². The van der Waals surface area contributed by atoms with Crippen LogP contribution in [0.15, 0.2) is 24.4 Å². The Morgan fingerprint density at radius 3 is 2.67 bits per heavy atom. The number of hydrogen-bond donors (Lipinski definition) is 2. The zero-order valence-corrected chi connectivity index (χ0v) is 14.5. The largest absolute Gasteiger partial charge is 0.495 e. The van der Waals surface area contributed by atoms with Gasteiger partial charge in [0.2, 0.25) is 5.95 Å². The molecule has 1 aromatic carbocycles. The summed E-state index contributed by atoms with van der Waals surface area (Å²) in [5.74, 6) is 1.82. The molecule has 1 fully saturated rings. The third kappa shape index (κ3) is 4.47. The molecule has 1 aliphatic rings. The van der Waals surface area contributed by atoms with Crippen LogP contribution >= 0.6 is 11.6 Å². The van der Waals surface area contributed by atoms with E-state index in [0.29, 0.717) is 22.8 Å². The van der Waals surface area contributed by atoms with Crippen LogP contribution in [0.25, 0.3) is 0 Å². The van der Waals surface area contributed by atoms with Gasteiger partial charge in [-0.2, -0.15) is 10.1 Å². The van der Waals surface area contributed by atoms with Gasteiger partial charge in [-0.05, 0) is 31.0 Å². The van der Waals surface area contributed by atoms with Crippen molar-refractivity contribution in [3.05, 3.63) is 29.4 Å². The Labute approximate surface area is 147 Å². The average Bonchev–Trinajstić information content (AvgIpc) is 2.84. The van der Waals surface area contributed by atoms with E-state index in [1.165, 1.54) is 38.5 Å². The molecule has 24 heavy (non-hydrogen) atoms. The Hall–Kier alpha value is -2.08. The first-order valence-corrected chi connectivity index (χ1v) is 8.69. The average molecular weight is 348 g/mol. The fourth-order valence-corrected chi connectivity index (χ4v) is 3.19. The number of aromatic nitrogens is 3. The minimum Gasteiger partial charge on any atom is -0.495 e. The van der Waals surface area contributed by atoms with Crippen LogP contribution in [-0.4, -0.2) is 28.3 Å². The molecule has 0 radical (unpaired) electrons. The van der Waals surface area contributed by atoms with Crippen molar-refractivity contribution in [2.75, 3.05) is 17.7 Å². The Morgan fingerprint density at radius 2 is 1.96 bits per heavy atom. The first kappa shape index (κ1) is 16.8. The maximum Gasteiger partial charge on any atom is 0.249 e. The first-order valence-electron chi connectivity index (χ1n) is 8.31. The lowest BCUT2D eigenvalue weighted by molar-refractivity contribution is 0.415. The summed E-state index contributed by atoms with van der Waals surface area (Å²) in [4.78, 5) is 4.49. The van der Waals surface area contributed by atoms with Crippen LogP contribution in [0.1, 0.15) is 38.5 Å². The van der Waals surface area contributed by atoms with E-state index < -0.39 is 0 Å². The number of halogens is 1. The second-order valence-corrected chi connectivity index (χ2v) is 6.38. The van der Waals surface area contributed by atoms with Crippen LogP contribution in [-0.2, 0) is 0 Å². The predicted molar refractivity (Wildman–Crippen MR) is 96.2 cm³/mol. The fraction of sp³-hybridized carbons (Fsp3) is 0.471. The summed E-state index contributed by atoms with van der Waals surface area (Å²) in [7, 11) is 1.59. The lowest BCUT2D eigenvalue weighted by Crippen LogP contribution is -2.19. The van der Waals surface area contributed by atoms with Gasteiger partial charge in [0.05, 0.1) is 18.3 Å². The number of hydrogen-bond acceptors (Lipinski definition) is 6. The molecule has 7 heteroatoms. The Bertz CT molecular complexity index is 674. The molecule has 2 aromatic rings. The summed E-state index contributed by atoms with van der Waals surface area (Å²) >= 11 is 6.14. The van der Waals surface area contributed by atoms with Crippen molar-refractivity contribution in [3.8, 4) is 5.75 Å². The number of methoxy groups -OCH3 is 1. The Balaban J connectivity index is 1.67. The molecular formula is C17H22ClN5O. The van der Waals surface area contributed by atoms with E-state index in [2.05, 4.69) is 25.8 Å². The molecule has 1 saturated carbocycles. The van der Waals surface area contributed by atoms with Gasteiger partial charge < -0.3 is 15.4 Å². The number of ether oxygens (including phenoxy) is 1. The zero-order valence-electron chi connectivity index (χ0n) is 13.8. The minimum atomic E-state index is 0.440. The standard InChI is InChI=1S/C17H22ClN5O/c1-24-15-9-8-13(10-14(15)18)21-17-22-16(11-19-23-17)20-12-6-4-2-3-5-7-12/h8-12H,2-7H2,1H3,(H2,20,21,22,23). The minimum absolute atomic E-state index is 0.440. The molecule has 0 saturated heterocycles. The topological polar surface area (TPSA) is 72.0 Å². The lowest BCUT2D eigenvalue weighted by atomic mass is 10.1. The van der Waals surface area contributed by atoms with Crippen LogP contribution < -0.4 is 15.4 Å². The highest BCUT2D eigenvalue weighted by atomic mass is 35.5.